The Hall–Kier alpha value is -3.32. The smallest absolute Gasteiger partial charge is 0.326 e. The third kappa shape index (κ3) is 9.83. The fraction of sp³-hybridized carbons (Fsp3) is 0.500. The van der Waals surface area contributed by atoms with E-state index in [1.165, 1.54) is 24.3 Å². The van der Waals surface area contributed by atoms with E-state index in [-0.39, 0.29) is 23.8 Å². The number of carbonyl (C=O) groups excluding carboxylic acids is 4. The van der Waals surface area contributed by atoms with Crippen LogP contribution in [0.2, 0.25) is 0 Å². The van der Waals surface area contributed by atoms with E-state index < -0.39 is 60.2 Å². The number of nitrogens with two attached hydrogens (primary N) is 2. The van der Waals surface area contributed by atoms with Crippen LogP contribution < -0.4 is 27.4 Å². The van der Waals surface area contributed by atoms with Crippen molar-refractivity contribution >= 4 is 42.2 Å². The first-order valence-corrected chi connectivity index (χ1v) is 11.6. The first-order valence-electron chi connectivity index (χ1n) is 11.0. The lowest BCUT2D eigenvalue weighted by Crippen LogP contribution is -2.59. The number of amides is 4. The summed E-state index contributed by atoms with van der Waals surface area (Å²) in [7, 11) is 0. The molecule has 0 saturated carbocycles. The number of carbonyl (C=O) groups is 5. The molecule has 4 amide bonds. The van der Waals surface area contributed by atoms with Gasteiger partial charge in [-0.15, -0.1) is 0 Å². The molecular formula is C22H33N5O7S. The topological polar surface area (TPSA) is 214 Å². The summed E-state index contributed by atoms with van der Waals surface area (Å²) in [6.45, 7) is 3.50. The average Bonchev–Trinajstić information content (AvgIpc) is 2.80. The van der Waals surface area contributed by atoms with Crippen LogP contribution in [0, 0.1) is 5.92 Å². The standard InChI is InChI=1S/C22H33N5O7S/c1-3-11(2)18(27-19(30)14(23)9-17(24)29)21(32)26-16(10-35)20(31)25-15(22(33)34)8-12-4-6-13(28)7-5-12/h4-7,11,14-16,18,28,35H,3,8-10,23H2,1-2H3,(H2,24,29)(H,25,31)(H,26,32)(H,27,30)(H,33,34). The summed E-state index contributed by atoms with van der Waals surface area (Å²) in [5.74, 6) is -4.78. The number of hydrogen-bond donors (Lipinski definition) is 8. The molecule has 0 fully saturated rings. The van der Waals surface area contributed by atoms with Crippen molar-refractivity contribution in [1.82, 2.24) is 16.0 Å². The predicted molar refractivity (Wildman–Crippen MR) is 130 cm³/mol. The van der Waals surface area contributed by atoms with E-state index in [0.29, 0.717) is 12.0 Å². The second-order valence-corrected chi connectivity index (χ2v) is 8.53. The van der Waals surface area contributed by atoms with Gasteiger partial charge in [0.15, 0.2) is 0 Å². The van der Waals surface area contributed by atoms with E-state index in [1.807, 2.05) is 0 Å². The molecule has 5 unspecified atom stereocenters. The summed E-state index contributed by atoms with van der Waals surface area (Å²) < 4.78 is 0. The summed E-state index contributed by atoms with van der Waals surface area (Å²) in [5.41, 5.74) is 11.3. The molecule has 12 nitrogen and oxygen atoms in total. The first-order chi connectivity index (χ1) is 16.4. The number of hydrogen-bond acceptors (Lipinski definition) is 8. The maximum absolute atomic E-state index is 12.9. The van der Waals surface area contributed by atoms with Crippen molar-refractivity contribution in [3.05, 3.63) is 29.8 Å². The number of carboxylic acids is 1. The molecule has 0 radical (unpaired) electrons. The highest BCUT2D eigenvalue weighted by Gasteiger charge is 2.32. The zero-order chi connectivity index (χ0) is 26.7. The van der Waals surface area contributed by atoms with Crippen LogP contribution in [0.25, 0.3) is 0 Å². The van der Waals surface area contributed by atoms with Crippen LogP contribution in [0.5, 0.6) is 5.75 Å². The number of phenolic OH excluding ortho intramolecular Hbond substituents is 1. The fourth-order valence-corrected chi connectivity index (χ4v) is 3.32. The maximum Gasteiger partial charge on any atom is 0.326 e. The monoisotopic (exact) mass is 511 g/mol. The van der Waals surface area contributed by atoms with Crippen molar-refractivity contribution in [2.45, 2.75) is 57.3 Å². The van der Waals surface area contributed by atoms with Gasteiger partial charge in [0.25, 0.3) is 0 Å². The summed E-state index contributed by atoms with van der Waals surface area (Å²) in [6, 6.07) is 1.02. The highest BCUT2D eigenvalue weighted by Crippen LogP contribution is 2.12. The van der Waals surface area contributed by atoms with Crippen LogP contribution in [0.4, 0.5) is 0 Å². The van der Waals surface area contributed by atoms with Gasteiger partial charge in [-0.25, -0.2) is 4.79 Å². The van der Waals surface area contributed by atoms with Gasteiger partial charge in [0.1, 0.15) is 23.9 Å². The molecule has 5 atom stereocenters. The average molecular weight is 512 g/mol. The quantitative estimate of drug-likeness (QED) is 0.139. The summed E-state index contributed by atoms with van der Waals surface area (Å²) in [4.78, 5) is 60.7. The van der Waals surface area contributed by atoms with E-state index in [4.69, 9.17) is 11.5 Å². The minimum absolute atomic E-state index is 0.0149. The lowest BCUT2D eigenvalue weighted by atomic mass is 9.97. The number of phenols is 1. The van der Waals surface area contributed by atoms with E-state index in [0.717, 1.165) is 0 Å². The summed E-state index contributed by atoms with van der Waals surface area (Å²) in [6.07, 6.45) is 0.0345. The fourth-order valence-electron chi connectivity index (χ4n) is 3.07. The van der Waals surface area contributed by atoms with Gasteiger partial charge in [-0.2, -0.15) is 12.6 Å². The molecule has 1 aromatic carbocycles. The van der Waals surface area contributed by atoms with Crippen molar-refractivity contribution in [1.29, 1.82) is 0 Å². The van der Waals surface area contributed by atoms with Crippen molar-refractivity contribution in [2.24, 2.45) is 17.4 Å². The molecule has 0 aliphatic heterocycles. The Morgan fingerprint density at radius 2 is 1.54 bits per heavy atom. The van der Waals surface area contributed by atoms with Gasteiger partial charge in [-0.05, 0) is 23.6 Å². The number of aliphatic carboxylic acids is 1. The predicted octanol–water partition coefficient (Wildman–Crippen LogP) is -1.35. The molecule has 0 aromatic heterocycles. The molecule has 0 saturated heterocycles. The van der Waals surface area contributed by atoms with Gasteiger partial charge < -0.3 is 37.6 Å². The van der Waals surface area contributed by atoms with Crippen LogP contribution in [0.3, 0.4) is 0 Å². The number of carboxylic acid groups (broad SMARTS) is 1. The Kier molecular flexibility index (Phi) is 12.0. The first kappa shape index (κ1) is 29.7. The van der Waals surface area contributed by atoms with Crippen molar-refractivity contribution in [2.75, 3.05) is 5.75 Å². The number of aromatic hydroxyl groups is 1. The minimum Gasteiger partial charge on any atom is -0.508 e. The van der Waals surface area contributed by atoms with Gasteiger partial charge in [-0.1, -0.05) is 32.4 Å². The van der Waals surface area contributed by atoms with Gasteiger partial charge in [-0.3, -0.25) is 19.2 Å². The molecule has 9 N–H and O–H groups in total. The molecule has 35 heavy (non-hydrogen) atoms. The Morgan fingerprint density at radius 1 is 0.971 bits per heavy atom. The second-order valence-electron chi connectivity index (χ2n) is 8.16. The number of benzene rings is 1. The molecule has 1 aromatic rings. The van der Waals surface area contributed by atoms with Crippen LogP contribution in [0.15, 0.2) is 24.3 Å². The van der Waals surface area contributed by atoms with Gasteiger partial charge >= 0.3 is 5.97 Å². The third-order valence-corrected chi connectivity index (χ3v) is 5.72. The summed E-state index contributed by atoms with van der Waals surface area (Å²) >= 11 is 4.09. The van der Waals surface area contributed by atoms with Crippen molar-refractivity contribution in [3.8, 4) is 5.75 Å². The number of nitrogens with one attached hydrogen (secondary N) is 3. The highest BCUT2D eigenvalue weighted by atomic mass is 32.1. The SMILES string of the molecule is CCC(C)C(NC(=O)C(N)CC(N)=O)C(=O)NC(CS)C(=O)NC(Cc1ccc(O)cc1)C(=O)O. The van der Waals surface area contributed by atoms with E-state index in [9.17, 15) is 34.2 Å². The zero-order valence-corrected chi connectivity index (χ0v) is 20.5. The molecule has 13 heteroatoms. The van der Waals surface area contributed by atoms with Crippen molar-refractivity contribution in [3.63, 3.8) is 0 Å². The van der Waals surface area contributed by atoms with Crippen LogP contribution >= 0.6 is 12.6 Å². The highest BCUT2D eigenvalue weighted by molar-refractivity contribution is 7.80. The van der Waals surface area contributed by atoms with Gasteiger partial charge in [0, 0.05) is 12.2 Å². The van der Waals surface area contributed by atoms with Crippen LogP contribution in [0.1, 0.15) is 32.3 Å². The molecule has 194 valence electrons. The molecule has 0 aliphatic carbocycles. The zero-order valence-electron chi connectivity index (χ0n) is 19.6. The molecule has 0 aliphatic rings. The van der Waals surface area contributed by atoms with Gasteiger partial charge in [0.05, 0.1) is 12.5 Å². The normalized spacial score (nSPS) is 15.1. The third-order valence-electron chi connectivity index (χ3n) is 5.36. The Labute approximate surface area is 208 Å². The molecule has 0 spiro atoms. The summed E-state index contributed by atoms with van der Waals surface area (Å²) in [5, 5.41) is 26.2. The maximum atomic E-state index is 12.9. The van der Waals surface area contributed by atoms with Gasteiger partial charge in [0.2, 0.25) is 23.6 Å². The lowest BCUT2D eigenvalue weighted by molar-refractivity contribution is -0.142. The Bertz CT molecular complexity index is 912. The second kappa shape index (κ2) is 14.2. The lowest BCUT2D eigenvalue weighted by Gasteiger charge is -2.27. The van der Waals surface area contributed by atoms with E-state index in [1.54, 1.807) is 13.8 Å². The molecule has 0 bridgehead atoms. The number of primary amides is 1. The largest absolute Gasteiger partial charge is 0.508 e. The molecule has 0 heterocycles. The van der Waals surface area contributed by atoms with E-state index >= 15 is 0 Å². The number of rotatable bonds is 14. The Balaban J connectivity index is 2.91. The molecule has 1 rings (SSSR count). The Morgan fingerprint density at radius 3 is 2.03 bits per heavy atom. The van der Waals surface area contributed by atoms with Crippen LogP contribution in [-0.4, -0.2) is 69.7 Å². The number of thiol groups is 1. The van der Waals surface area contributed by atoms with Crippen LogP contribution in [-0.2, 0) is 30.4 Å². The van der Waals surface area contributed by atoms with E-state index in [2.05, 4.69) is 28.6 Å². The van der Waals surface area contributed by atoms with Crippen molar-refractivity contribution < 1.29 is 34.2 Å². The molecular weight excluding hydrogens is 478 g/mol. The minimum atomic E-state index is -1.30.